The van der Waals surface area contributed by atoms with Crippen LogP contribution in [0.2, 0.25) is 10.0 Å². The maximum absolute atomic E-state index is 12.4. The second-order valence-corrected chi connectivity index (χ2v) is 4.91. The van der Waals surface area contributed by atoms with Crippen molar-refractivity contribution in [2.75, 3.05) is 0 Å². The third-order valence-corrected chi connectivity index (χ3v) is 3.66. The molecule has 0 radical (unpaired) electrons. The number of carbonyl (C=O) groups is 1. The Balaban J connectivity index is 2.55. The highest BCUT2D eigenvalue weighted by atomic mass is 35.5. The molecule has 0 unspecified atom stereocenters. The first-order valence-electron chi connectivity index (χ1n) is 5.53. The second-order valence-electron chi connectivity index (χ2n) is 4.12. The molecule has 0 aliphatic carbocycles. The molecule has 0 saturated carbocycles. The number of hydrogen-bond donors (Lipinski definition) is 0. The average Bonchev–Trinajstić information content (AvgIpc) is 2.66. The van der Waals surface area contributed by atoms with E-state index in [4.69, 9.17) is 23.2 Å². The van der Waals surface area contributed by atoms with E-state index in [1.54, 1.807) is 13.8 Å². The molecule has 104 valence electrons. The lowest BCUT2D eigenvalue weighted by atomic mass is 10.2. The van der Waals surface area contributed by atoms with Gasteiger partial charge in [-0.05, 0) is 19.9 Å². The predicted molar refractivity (Wildman–Crippen MR) is 74.5 cm³/mol. The van der Waals surface area contributed by atoms with Crippen LogP contribution in [0, 0.1) is 24.0 Å². The quantitative estimate of drug-likeness (QED) is 0.628. The molecule has 1 aromatic carbocycles. The number of benzene rings is 1. The first kappa shape index (κ1) is 14.5. The van der Waals surface area contributed by atoms with Gasteiger partial charge in [-0.15, -0.1) is 0 Å². The molecule has 0 saturated heterocycles. The predicted octanol–water partition coefficient (Wildman–Crippen LogP) is 3.40. The van der Waals surface area contributed by atoms with Crippen LogP contribution in [0.15, 0.2) is 18.2 Å². The molecule has 1 aromatic heterocycles. The smallest absolute Gasteiger partial charge is 0.267 e. The Labute approximate surface area is 124 Å². The van der Waals surface area contributed by atoms with Crippen molar-refractivity contribution >= 4 is 34.8 Å². The monoisotopic (exact) mass is 313 g/mol. The number of halogens is 2. The fraction of sp³-hybridized carbons (Fsp3) is 0.167. The maximum atomic E-state index is 12.4. The normalized spacial score (nSPS) is 10.6. The molecule has 8 heteroatoms. The van der Waals surface area contributed by atoms with E-state index in [1.807, 2.05) is 0 Å². The SMILES string of the molecule is Cc1nn(C(=O)c2cc([N+](=O)[O-])ccc2Cl)c(C)c1Cl. The Morgan fingerprint density at radius 1 is 1.35 bits per heavy atom. The summed E-state index contributed by atoms with van der Waals surface area (Å²) in [5.41, 5.74) is 0.740. The van der Waals surface area contributed by atoms with Crippen molar-refractivity contribution in [1.29, 1.82) is 0 Å². The summed E-state index contributed by atoms with van der Waals surface area (Å²) in [4.78, 5) is 22.5. The van der Waals surface area contributed by atoms with Crippen molar-refractivity contribution < 1.29 is 9.72 Å². The van der Waals surface area contributed by atoms with E-state index in [-0.39, 0.29) is 16.3 Å². The zero-order valence-electron chi connectivity index (χ0n) is 10.6. The number of nitro groups is 1. The summed E-state index contributed by atoms with van der Waals surface area (Å²) in [6, 6.07) is 3.66. The van der Waals surface area contributed by atoms with E-state index >= 15 is 0 Å². The molecule has 0 fully saturated rings. The average molecular weight is 314 g/mol. The van der Waals surface area contributed by atoms with Gasteiger partial charge in [0, 0.05) is 12.1 Å². The van der Waals surface area contributed by atoms with E-state index in [0.29, 0.717) is 16.4 Å². The summed E-state index contributed by atoms with van der Waals surface area (Å²) in [5, 5.41) is 15.3. The third-order valence-electron chi connectivity index (χ3n) is 2.79. The molecule has 0 aliphatic heterocycles. The van der Waals surface area contributed by atoms with E-state index in [1.165, 1.54) is 12.1 Å². The molecule has 0 atom stereocenters. The van der Waals surface area contributed by atoms with Gasteiger partial charge in [-0.3, -0.25) is 14.9 Å². The summed E-state index contributed by atoms with van der Waals surface area (Å²) in [6.45, 7) is 3.29. The highest BCUT2D eigenvalue weighted by Crippen LogP contribution is 2.25. The highest BCUT2D eigenvalue weighted by Gasteiger charge is 2.21. The zero-order valence-corrected chi connectivity index (χ0v) is 12.1. The van der Waals surface area contributed by atoms with Gasteiger partial charge in [-0.2, -0.15) is 9.78 Å². The fourth-order valence-corrected chi connectivity index (χ4v) is 2.04. The standard InChI is InChI=1S/C12H9Cl2N3O3/c1-6-11(14)7(2)16(15-6)12(18)9-5-8(17(19)20)3-4-10(9)13/h3-5H,1-2H3. The minimum absolute atomic E-state index is 0.00290. The largest absolute Gasteiger partial charge is 0.280 e. The summed E-state index contributed by atoms with van der Waals surface area (Å²) < 4.78 is 1.09. The van der Waals surface area contributed by atoms with Gasteiger partial charge < -0.3 is 0 Å². The Morgan fingerprint density at radius 2 is 2.00 bits per heavy atom. The summed E-state index contributed by atoms with van der Waals surface area (Å²) in [7, 11) is 0. The Bertz CT molecular complexity index is 725. The van der Waals surface area contributed by atoms with E-state index in [2.05, 4.69) is 5.10 Å². The van der Waals surface area contributed by atoms with Crippen LogP contribution < -0.4 is 0 Å². The van der Waals surface area contributed by atoms with Crippen LogP contribution in [0.4, 0.5) is 5.69 Å². The van der Waals surface area contributed by atoms with Gasteiger partial charge in [0.15, 0.2) is 0 Å². The molecular weight excluding hydrogens is 305 g/mol. The lowest BCUT2D eigenvalue weighted by molar-refractivity contribution is -0.384. The molecule has 2 rings (SSSR count). The van der Waals surface area contributed by atoms with Crippen molar-refractivity contribution in [3.05, 3.63) is 55.3 Å². The second kappa shape index (κ2) is 5.22. The fourth-order valence-electron chi connectivity index (χ4n) is 1.73. The first-order valence-corrected chi connectivity index (χ1v) is 6.29. The van der Waals surface area contributed by atoms with Crippen molar-refractivity contribution in [3.8, 4) is 0 Å². The molecule has 6 nitrogen and oxygen atoms in total. The van der Waals surface area contributed by atoms with Crippen LogP contribution in [0.3, 0.4) is 0 Å². The molecule has 1 heterocycles. The maximum Gasteiger partial charge on any atom is 0.280 e. The van der Waals surface area contributed by atoms with Crippen LogP contribution >= 0.6 is 23.2 Å². The van der Waals surface area contributed by atoms with E-state index < -0.39 is 10.8 Å². The highest BCUT2D eigenvalue weighted by molar-refractivity contribution is 6.34. The number of non-ortho nitro benzene ring substituents is 1. The summed E-state index contributed by atoms with van der Waals surface area (Å²) in [6.07, 6.45) is 0. The lowest BCUT2D eigenvalue weighted by Crippen LogP contribution is -2.16. The molecular formula is C12H9Cl2N3O3. The van der Waals surface area contributed by atoms with Gasteiger partial charge in [-0.25, -0.2) is 0 Å². The van der Waals surface area contributed by atoms with Gasteiger partial charge in [0.1, 0.15) is 0 Å². The summed E-state index contributed by atoms with van der Waals surface area (Å²) in [5.74, 6) is -0.564. The minimum atomic E-state index is -0.596. The van der Waals surface area contributed by atoms with Gasteiger partial charge in [0.05, 0.1) is 31.9 Å². The molecule has 20 heavy (non-hydrogen) atoms. The molecule has 0 aliphatic rings. The van der Waals surface area contributed by atoms with Crippen molar-refractivity contribution in [1.82, 2.24) is 9.78 Å². The molecule has 0 spiro atoms. The number of carbonyl (C=O) groups excluding carboxylic acids is 1. The van der Waals surface area contributed by atoms with Crippen molar-refractivity contribution in [3.63, 3.8) is 0 Å². The topological polar surface area (TPSA) is 78.0 Å². The third kappa shape index (κ3) is 2.39. The number of hydrogen-bond acceptors (Lipinski definition) is 4. The Kier molecular flexibility index (Phi) is 3.78. The van der Waals surface area contributed by atoms with Crippen LogP contribution in [-0.2, 0) is 0 Å². The molecule has 0 bridgehead atoms. The Morgan fingerprint density at radius 3 is 2.50 bits per heavy atom. The zero-order chi connectivity index (χ0) is 15.0. The number of aryl methyl sites for hydroxylation is 1. The molecule has 2 aromatic rings. The molecule has 0 amide bonds. The van der Waals surface area contributed by atoms with E-state index in [9.17, 15) is 14.9 Å². The lowest BCUT2D eigenvalue weighted by Gasteiger charge is -2.05. The van der Waals surface area contributed by atoms with Gasteiger partial charge in [0.2, 0.25) is 0 Å². The Hall–Kier alpha value is -1.92. The van der Waals surface area contributed by atoms with Gasteiger partial charge >= 0.3 is 0 Å². The number of nitro benzene ring substituents is 1. The van der Waals surface area contributed by atoms with E-state index in [0.717, 1.165) is 10.7 Å². The van der Waals surface area contributed by atoms with Gasteiger partial charge in [-0.1, -0.05) is 23.2 Å². The number of aromatic nitrogens is 2. The van der Waals surface area contributed by atoms with Crippen LogP contribution in [-0.4, -0.2) is 20.6 Å². The van der Waals surface area contributed by atoms with Crippen molar-refractivity contribution in [2.45, 2.75) is 13.8 Å². The number of nitrogens with zero attached hydrogens (tertiary/aromatic N) is 3. The summed E-state index contributed by atoms with van der Waals surface area (Å²) >= 11 is 11.9. The van der Waals surface area contributed by atoms with Crippen LogP contribution in [0.1, 0.15) is 21.7 Å². The van der Waals surface area contributed by atoms with Crippen LogP contribution in [0.5, 0.6) is 0 Å². The number of rotatable bonds is 2. The van der Waals surface area contributed by atoms with Gasteiger partial charge in [0.25, 0.3) is 11.6 Å². The minimum Gasteiger partial charge on any atom is -0.267 e. The van der Waals surface area contributed by atoms with Crippen LogP contribution in [0.25, 0.3) is 0 Å². The molecule has 0 N–H and O–H groups in total. The first-order chi connectivity index (χ1) is 9.32. The van der Waals surface area contributed by atoms with Crippen molar-refractivity contribution in [2.24, 2.45) is 0 Å².